The molecule has 0 atom stereocenters. The molecule has 1 rings (SSSR count). The Morgan fingerprint density at radius 3 is 2.92 bits per heavy atom. The minimum atomic E-state index is 0.105. The van der Waals surface area contributed by atoms with Crippen LogP contribution in [0.25, 0.3) is 0 Å². The van der Waals surface area contributed by atoms with Gasteiger partial charge in [-0.3, -0.25) is 0 Å². The molecule has 1 aromatic heterocycles. The maximum absolute atomic E-state index is 9.61. The van der Waals surface area contributed by atoms with Crippen molar-refractivity contribution in [2.24, 2.45) is 0 Å². The highest BCUT2D eigenvalue weighted by Crippen LogP contribution is 2.28. The summed E-state index contributed by atoms with van der Waals surface area (Å²) in [5, 5.41) is 9.61. The van der Waals surface area contributed by atoms with Gasteiger partial charge in [0.1, 0.15) is 0 Å². The number of hydrogen-bond acceptors (Lipinski definition) is 3. The van der Waals surface area contributed by atoms with Crippen molar-refractivity contribution in [3.05, 3.63) is 30.0 Å². The van der Waals surface area contributed by atoms with Gasteiger partial charge in [-0.1, -0.05) is 6.08 Å². The molecule has 0 saturated heterocycles. The van der Waals surface area contributed by atoms with Crippen molar-refractivity contribution in [2.75, 3.05) is 7.11 Å². The van der Waals surface area contributed by atoms with Gasteiger partial charge in [-0.05, 0) is 19.4 Å². The molecule has 3 heteroatoms. The summed E-state index contributed by atoms with van der Waals surface area (Å²) in [4.78, 5) is 4.03. The third-order valence-corrected chi connectivity index (χ3v) is 1.73. The molecular formula is C10H13NO2. The van der Waals surface area contributed by atoms with E-state index in [1.165, 1.54) is 7.11 Å². The van der Waals surface area contributed by atoms with Gasteiger partial charge in [-0.2, -0.15) is 0 Å². The van der Waals surface area contributed by atoms with E-state index in [1.807, 2.05) is 13.0 Å². The van der Waals surface area contributed by atoms with E-state index in [2.05, 4.69) is 11.6 Å². The fraction of sp³-hybridized carbons (Fsp3) is 0.300. The zero-order valence-electron chi connectivity index (χ0n) is 7.87. The molecule has 70 valence electrons. The Morgan fingerprint density at radius 1 is 1.69 bits per heavy atom. The lowest BCUT2D eigenvalue weighted by molar-refractivity contribution is 0.355. The summed E-state index contributed by atoms with van der Waals surface area (Å²) in [5.74, 6) is 0.379. The Balaban J connectivity index is 3.18. The Hall–Kier alpha value is -1.51. The first-order valence-electron chi connectivity index (χ1n) is 4.03. The molecule has 0 aliphatic heterocycles. The maximum atomic E-state index is 9.61. The van der Waals surface area contributed by atoms with Crippen LogP contribution in [0.15, 0.2) is 18.7 Å². The highest BCUT2D eigenvalue weighted by atomic mass is 16.5. The molecule has 0 amide bonds. The minimum Gasteiger partial charge on any atom is -0.503 e. The lowest BCUT2D eigenvalue weighted by Crippen LogP contribution is -1.94. The number of methoxy groups -OCH3 is 1. The summed E-state index contributed by atoms with van der Waals surface area (Å²) in [5.41, 5.74) is 1.62. The number of nitrogens with zero attached hydrogens (tertiary/aromatic N) is 1. The molecule has 0 fully saturated rings. The quantitative estimate of drug-likeness (QED) is 0.720. The fourth-order valence-electron chi connectivity index (χ4n) is 1.16. The van der Waals surface area contributed by atoms with Crippen molar-refractivity contribution in [3.8, 4) is 11.6 Å². The smallest absolute Gasteiger partial charge is 0.257 e. The Kier molecular flexibility index (Phi) is 2.90. The van der Waals surface area contributed by atoms with E-state index in [0.717, 1.165) is 11.3 Å². The van der Waals surface area contributed by atoms with E-state index in [0.29, 0.717) is 6.42 Å². The van der Waals surface area contributed by atoms with Gasteiger partial charge in [-0.15, -0.1) is 6.58 Å². The van der Waals surface area contributed by atoms with Crippen molar-refractivity contribution in [1.29, 1.82) is 0 Å². The van der Waals surface area contributed by atoms with Gasteiger partial charge in [-0.25, -0.2) is 4.98 Å². The van der Waals surface area contributed by atoms with Crippen LogP contribution >= 0.6 is 0 Å². The third-order valence-electron chi connectivity index (χ3n) is 1.73. The summed E-state index contributed by atoms with van der Waals surface area (Å²) < 4.78 is 4.92. The molecule has 0 radical (unpaired) electrons. The molecule has 0 saturated carbocycles. The van der Waals surface area contributed by atoms with Gasteiger partial charge in [0.2, 0.25) is 0 Å². The van der Waals surface area contributed by atoms with Gasteiger partial charge < -0.3 is 9.84 Å². The van der Waals surface area contributed by atoms with Crippen LogP contribution in [-0.4, -0.2) is 17.2 Å². The van der Waals surface area contributed by atoms with Crippen LogP contribution in [0.3, 0.4) is 0 Å². The molecule has 1 heterocycles. The van der Waals surface area contributed by atoms with Gasteiger partial charge in [0.15, 0.2) is 5.75 Å². The van der Waals surface area contributed by atoms with E-state index in [4.69, 9.17) is 4.74 Å². The number of aryl methyl sites for hydroxylation is 1. The number of aromatic hydroxyl groups is 1. The second-order valence-electron chi connectivity index (χ2n) is 2.77. The molecular weight excluding hydrogens is 166 g/mol. The number of pyridine rings is 1. The average molecular weight is 179 g/mol. The van der Waals surface area contributed by atoms with Crippen molar-refractivity contribution in [3.63, 3.8) is 0 Å². The fourth-order valence-corrected chi connectivity index (χ4v) is 1.16. The predicted octanol–water partition coefficient (Wildman–Crippen LogP) is 1.83. The lowest BCUT2D eigenvalue weighted by atomic mass is 10.1. The summed E-state index contributed by atoms with van der Waals surface area (Å²) >= 11 is 0. The molecule has 0 spiro atoms. The second kappa shape index (κ2) is 3.94. The Bertz CT molecular complexity index is 321. The number of rotatable bonds is 3. The SMILES string of the molecule is C=CCc1cc(C)nc(OC)c1O. The summed E-state index contributed by atoms with van der Waals surface area (Å²) in [7, 11) is 1.49. The van der Waals surface area contributed by atoms with Crippen molar-refractivity contribution >= 4 is 0 Å². The van der Waals surface area contributed by atoms with Crippen LogP contribution in [0, 0.1) is 6.92 Å². The first-order chi connectivity index (χ1) is 6.19. The zero-order chi connectivity index (χ0) is 9.84. The lowest BCUT2D eigenvalue weighted by Gasteiger charge is -2.07. The predicted molar refractivity (Wildman–Crippen MR) is 51.1 cm³/mol. The second-order valence-corrected chi connectivity index (χ2v) is 2.77. The zero-order valence-corrected chi connectivity index (χ0v) is 7.87. The maximum Gasteiger partial charge on any atom is 0.257 e. The van der Waals surface area contributed by atoms with Crippen LogP contribution in [0.1, 0.15) is 11.3 Å². The third kappa shape index (κ3) is 1.99. The molecule has 0 aromatic carbocycles. The molecule has 0 unspecified atom stereocenters. The molecule has 1 aromatic rings. The summed E-state index contributed by atoms with van der Waals surface area (Å²) in [6.45, 7) is 5.47. The highest BCUT2D eigenvalue weighted by molar-refractivity contribution is 5.42. The Morgan fingerprint density at radius 2 is 2.38 bits per heavy atom. The normalized spacial score (nSPS) is 9.69. The van der Waals surface area contributed by atoms with Crippen LogP contribution < -0.4 is 4.74 Å². The monoisotopic (exact) mass is 179 g/mol. The molecule has 0 aliphatic carbocycles. The van der Waals surface area contributed by atoms with Crippen LogP contribution in [0.5, 0.6) is 11.6 Å². The number of allylic oxidation sites excluding steroid dienone is 1. The van der Waals surface area contributed by atoms with Crippen LogP contribution in [0.2, 0.25) is 0 Å². The van der Waals surface area contributed by atoms with E-state index in [-0.39, 0.29) is 11.6 Å². The number of ether oxygens (including phenoxy) is 1. The Labute approximate surface area is 77.7 Å². The summed E-state index contributed by atoms with van der Waals surface area (Å²) in [6, 6.07) is 1.82. The van der Waals surface area contributed by atoms with Crippen molar-refractivity contribution in [1.82, 2.24) is 4.98 Å². The summed E-state index contributed by atoms with van der Waals surface area (Å²) in [6.07, 6.45) is 2.35. The molecule has 0 aliphatic rings. The standard InChI is InChI=1S/C10H13NO2/c1-4-5-8-6-7(2)11-10(13-3)9(8)12/h4,6,12H,1,5H2,2-3H3. The average Bonchev–Trinajstić information content (AvgIpc) is 2.11. The first kappa shape index (κ1) is 9.58. The van der Waals surface area contributed by atoms with Gasteiger partial charge in [0, 0.05) is 11.3 Å². The van der Waals surface area contributed by atoms with Crippen molar-refractivity contribution in [2.45, 2.75) is 13.3 Å². The molecule has 3 nitrogen and oxygen atoms in total. The van der Waals surface area contributed by atoms with E-state index in [9.17, 15) is 5.11 Å². The van der Waals surface area contributed by atoms with E-state index >= 15 is 0 Å². The van der Waals surface area contributed by atoms with Gasteiger partial charge in [0.05, 0.1) is 7.11 Å². The van der Waals surface area contributed by atoms with Crippen LogP contribution in [-0.2, 0) is 6.42 Å². The molecule has 13 heavy (non-hydrogen) atoms. The van der Waals surface area contributed by atoms with E-state index < -0.39 is 0 Å². The van der Waals surface area contributed by atoms with Crippen molar-refractivity contribution < 1.29 is 9.84 Å². The van der Waals surface area contributed by atoms with E-state index in [1.54, 1.807) is 6.08 Å². The number of hydrogen-bond donors (Lipinski definition) is 1. The largest absolute Gasteiger partial charge is 0.503 e. The first-order valence-corrected chi connectivity index (χ1v) is 4.03. The molecule has 0 bridgehead atoms. The van der Waals surface area contributed by atoms with Gasteiger partial charge >= 0.3 is 0 Å². The topological polar surface area (TPSA) is 42.4 Å². The highest BCUT2D eigenvalue weighted by Gasteiger charge is 2.08. The van der Waals surface area contributed by atoms with Gasteiger partial charge in [0.25, 0.3) is 5.88 Å². The number of aromatic nitrogens is 1. The molecule has 1 N–H and O–H groups in total. The van der Waals surface area contributed by atoms with Crippen LogP contribution in [0.4, 0.5) is 0 Å². The minimum absolute atomic E-state index is 0.105.